The molecule has 0 aliphatic carbocycles. The molecule has 2 rings (SSSR count). The summed E-state index contributed by atoms with van der Waals surface area (Å²) in [6, 6.07) is 8.66. The topological polar surface area (TPSA) is 51.7 Å². The van der Waals surface area contributed by atoms with Crippen molar-refractivity contribution in [2.45, 2.75) is 6.54 Å². The van der Waals surface area contributed by atoms with Gasteiger partial charge in [0.05, 0.1) is 14.2 Å². The van der Waals surface area contributed by atoms with Gasteiger partial charge in [0.15, 0.2) is 0 Å². The van der Waals surface area contributed by atoms with E-state index in [9.17, 15) is 4.79 Å². The van der Waals surface area contributed by atoms with Gasteiger partial charge in [-0.2, -0.15) is 0 Å². The summed E-state index contributed by atoms with van der Waals surface area (Å²) in [4.78, 5) is 18.0. The van der Waals surface area contributed by atoms with E-state index in [-0.39, 0.29) is 5.91 Å². The Morgan fingerprint density at radius 3 is 2.64 bits per heavy atom. The second-order valence-corrected chi connectivity index (χ2v) is 5.13. The van der Waals surface area contributed by atoms with E-state index in [1.165, 1.54) is 6.20 Å². The lowest BCUT2D eigenvalue weighted by atomic mass is 10.1. The Bertz CT molecular complexity index is 676. The van der Waals surface area contributed by atoms with Crippen molar-refractivity contribution in [2.24, 2.45) is 0 Å². The molecular weight excluding hydrogens is 304 g/mol. The average molecular weight is 321 g/mol. The summed E-state index contributed by atoms with van der Waals surface area (Å²) in [6.07, 6.45) is 1.51. The standard InChI is InChI=1S/C16H17ClN2O3/c1-19(16(20)14-8-12(17)6-7-18-14)10-11-4-5-13(21-2)9-15(11)22-3/h4-9H,10H2,1-3H3. The average Bonchev–Trinajstić information content (AvgIpc) is 2.54. The predicted octanol–water partition coefficient (Wildman–Crippen LogP) is 3.02. The number of rotatable bonds is 5. The smallest absolute Gasteiger partial charge is 0.272 e. The summed E-state index contributed by atoms with van der Waals surface area (Å²) in [5.41, 5.74) is 1.18. The van der Waals surface area contributed by atoms with Crippen molar-refractivity contribution in [3.63, 3.8) is 0 Å². The maximum absolute atomic E-state index is 12.4. The van der Waals surface area contributed by atoms with Crippen LogP contribution in [-0.2, 0) is 6.54 Å². The first-order valence-corrected chi connectivity index (χ1v) is 7.01. The zero-order chi connectivity index (χ0) is 16.1. The van der Waals surface area contributed by atoms with Crippen LogP contribution in [0.15, 0.2) is 36.5 Å². The molecule has 0 aliphatic rings. The van der Waals surface area contributed by atoms with Crippen molar-refractivity contribution in [1.82, 2.24) is 9.88 Å². The number of pyridine rings is 1. The fourth-order valence-electron chi connectivity index (χ4n) is 2.03. The van der Waals surface area contributed by atoms with E-state index in [4.69, 9.17) is 21.1 Å². The van der Waals surface area contributed by atoms with Crippen LogP contribution in [0, 0.1) is 0 Å². The number of hydrogen-bond donors (Lipinski definition) is 0. The Hall–Kier alpha value is -2.27. The molecule has 1 aromatic heterocycles. The molecular formula is C16H17ClN2O3. The van der Waals surface area contributed by atoms with Gasteiger partial charge < -0.3 is 14.4 Å². The van der Waals surface area contributed by atoms with Gasteiger partial charge in [0, 0.05) is 36.4 Å². The van der Waals surface area contributed by atoms with E-state index in [2.05, 4.69) is 4.98 Å². The van der Waals surface area contributed by atoms with Crippen LogP contribution in [0.4, 0.5) is 0 Å². The minimum absolute atomic E-state index is 0.208. The molecule has 0 spiro atoms. The highest BCUT2D eigenvalue weighted by molar-refractivity contribution is 6.30. The van der Waals surface area contributed by atoms with Crippen LogP contribution < -0.4 is 9.47 Å². The van der Waals surface area contributed by atoms with Crippen molar-refractivity contribution >= 4 is 17.5 Å². The fraction of sp³-hybridized carbons (Fsp3) is 0.250. The Kier molecular flexibility index (Phi) is 5.22. The molecule has 2 aromatic rings. The van der Waals surface area contributed by atoms with E-state index in [1.54, 1.807) is 44.4 Å². The molecule has 116 valence electrons. The van der Waals surface area contributed by atoms with Crippen molar-refractivity contribution in [3.8, 4) is 11.5 Å². The van der Waals surface area contributed by atoms with Crippen LogP contribution in [0.2, 0.25) is 5.02 Å². The highest BCUT2D eigenvalue weighted by Gasteiger charge is 2.16. The number of aromatic nitrogens is 1. The molecule has 22 heavy (non-hydrogen) atoms. The van der Waals surface area contributed by atoms with Crippen LogP contribution in [-0.4, -0.2) is 37.1 Å². The lowest BCUT2D eigenvalue weighted by molar-refractivity contribution is 0.0778. The summed E-state index contributed by atoms with van der Waals surface area (Å²) in [7, 11) is 4.88. The SMILES string of the molecule is COc1ccc(CN(C)C(=O)c2cc(Cl)ccn2)c(OC)c1. The molecule has 0 atom stereocenters. The van der Waals surface area contributed by atoms with Gasteiger partial charge in [-0.3, -0.25) is 9.78 Å². The third-order valence-electron chi connectivity index (χ3n) is 3.19. The lowest BCUT2D eigenvalue weighted by Crippen LogP contribution is -2.27. The molecule has 0 bridgehead atoms. The van der Waals surface area contributed by atoms with Crippen molar-refractivity contribution in [1.29, 1.82) is 0 Å². The maximum Gasteiger partial charge on any atom is 0.272 e. The summed E-state index contributed by atoms with van der Waals surface area (Å²) < 4.78 is 10.5. The first-order chi connectivity index (χ1) is 10.5. The first kappa shape index (κ1) is 16.1. The minimum Gasteiger partial charge on any atom is -0.497 e. The molecule has 0 saturated heterocycles. The van der Waals surface area contributed by atoms with Gasteiger partial charge in [-0.15, -0.1) is 0 Å². The van der Waals surface area contributed by atoms with E-state index in [0.717, 1.165) is 5.56 Å². The number of nitrogens with zero attached hydrogens (tertiary/aromatic N) is 2. The van der Waals surface area contributed by atoms with E-state index in [0.29, 0.717) is 28.8 Å². The number of benzene rings is 1. The molecule has 0 N–H and O–H groups in total. The number of ether oxygens (including phenoxy) is 2. The zero-order valence-corrected chi connectivity index (χ0v) is 13.4. The van der Waals surface area contributed by atoms with Crippen LogP contribution in [0.1, 0.15) is 16.1 Å². The van der Waals surface area contributed by atoms with Gasteiger partial charge in [0.2, 0.25) is 0 Å². The van der Waals surface area contributed by atoms with Crippen LogP contribution in [0.3, 0.4) is 0 Å². The molecule has 6 heteroatoms. The molecule has 0 saturated carbocycles. The number of methoxy groups -OCH3 is 2. The number of carbonyl (C=O) groups excluding carboxylic acids is 1. The van der Waals surface area contributed by atoms with Gasteiger partial charge in [0.1, 0.15) is 17.2 Å². The number of hydrogen-bond acceptors (Lipinski definition) is 4. The third kappa shape index (κ3) is 3.68. The molecule has 1 aromatic carbocycles. The molecule has 0 radical (unpaired) electrons. The van der Waals surface area contributed by atoms with Crippen LogP contribution in [0.5, 0.6) is 11.5 Å². The Morgan fingerprint density at radius 2 is 2.00 bits per heavy atom. The first-order valence-electron chi connectivity index (χ1n) is 6.63. The van der Waals surface area contributed by atoms with Gasteiger partial charge in [-0.25, -0.2) is 0 Å². The minimum atomic E-state index is -0.208. The monoisotopic (exact) mass is 320 g/mol. The molecule has 0 fully saturated rings. The van der Waals surface area contributed by atoms with Crippen LogP contribution in [0.25, 0.3) is 0 Å². The highest BCUT2D eigenvalue weighted by atomic mass is 35.5. The molecule has 1 heterocycles. The summed E-state index contributed by atoms with van der Waals surface area (Å²) >= 11 is 5.89. The Labute approximate surface area is 134 Å². The summed E-state index contributed by atoms with van der Waals surface area (Å²) in [5.74, 6) is 1.16. The van der Waals surface area contributed by atoms with E-state index >= 15 is 0 Å². The second-order valence-electron chi connectivity index (χ2n) is 4.70. The van der Waals surface area contributed by atoms with Crippen LogP contribution >= 0.6 is 11.6 Å². The van der Waals surface area contributed by atoms with Gasteiger partial charge in [0.25, 0.3) is 5.91 Å². The van der Waals surface area contributed by atoms with Crippen molar-refractivity contribution < 1.29 is 14.3 Å². The zero-order valence-electron chi connectivity index (χ0n) is 12.7. The summed E-state index contributed by atoms with van der Waals surface area (Å²) in [5, 5.41) is 0.480. The quantitative estimate of drug-likeness (QED) is 0.849. The Morgan fingerprint density at radius 1 is 1.23 bits per heavy atom. The third-order valence-corrected chi connectivity index (χ3v) is 3.42. The normalized spacial score (nSPS) is 10.2. The second kappa shape index (κ2) is 7.13. The molecule has 0 aliphatic heterocycles. The van der Waals surface area contributed by atoms with Gasteiger partial charge >= 0.3 is 0 Å². The highest BCUT2D eigenvalue weighted by Crippen LogP contribution is 2.25. The number of amides is 1. The van der Waals surface area contributed by atoms with Crippen molar-refractivity contribution in [2.75, 3.05) is 21.3 Å². The Balaban J connectivity index is 2.18. The number of halogens is 1. The summed E-state index contributed by atoms with van der Waals surface area (Å²) in [6.45, 7) is 0.389. The largest absolute Gasteiger partial charge is 0.497 e. The molecule has 0 unspecified atom stereocenters. The van der Waals surface area contributed by atoms with E-state index < -0.39 is 0 Å². The fourth-order valence-corrected chi connectivity index (χ4v) is 2.19. The predicted molar refractivity (Wildman–Crippen MR) is 84.6 cm³/mol. The van der Waals surface area contributed by atoms with E-state index in [1.807, 2.05) is 12.1 Å². The maximum atomic E-state index is 12.4. The van der Waals surface area contributed by atoms with Gasteiger partial charge in [-0.05, 0) is 24.3 Å². The number of carbonyl (C=O) groups is 1. The molecule has 5 nitrogen and oxygen atoms in total. The van der Waals surface area contributed by atoms with Crippen molar-refractivity contribution in [3.05, 3.63) is 52.8 Å². The lowest BCUT2D eigenvalue weighted by Gasteiger charge is -2.19. The molecule has 1 amide bonds. The van der Waals surface area contributed by atoms with Gasteiger partial charge in [-0.1, -0.05) is 11.6 Å².